The molecule has 0 radical (unpaired) electrons. The third kappa shape index (κ3) is 4.81. The van der Waals surface area contributed by atoms with Crippen LogP contribution in [0.25, 0.3) is 0 Å². The largest absolute Gasteiger partial charge is 0.394 e. The van der Waals surface area contributed by atoms with Gasteiger partial charge in [0.05, 0.1) is 12.7 Å². The van der Waals surface area contributed by atoms with Crippen molar-refractivity contribution in [1.82, 2.24) is 0 Å². The molecule has 0 heterocycles. The van der Waals surface area contributed by atoms with Crippen LogP contribution in [-0.4, -0.2) is 30.0 Å². The maximum absolute atomic E-state index is 9.24. The molecule has 0 aliphatic heterocycles. The van der Waals surface area contributed by atoms with E-state index in [2.05, 4.69) is 20.8 Å². The van der Waals surface area contributed by atoms with Crippen molar-refractivity contribution in [3.8, 4) is 0 Å². The van der Waals surface area contributed by atoms with Gasteiger partial charge in [-0.25, -0.2) is 0 Å². The number of hydrogen-bond donors (Lipinski definition) is 2. The number of aliphatic hydroxyl groups is 1. The second-order valence-electron chi connectivity index (χ2n) is 6.42. The lowest BCUT2D eigenvalue weighted by molar-refractivity contribution is -0.0137. The molecule has 0 amide bonds. The Kier molecular flexibility index (Phi) is 4.77. The average Bonchev–Trinajstić information content (AvgIpc) is 2.16. The van der Waals surface area contributed by atoms with Crippen LogP contribution in [0.15, 0.2) is 0 Å². The van der Waals surface area contributed by atoms with Gasteiger partial charge in [0, 0.05) is 12.1 Å². The van der Waals surface area contributed by atoms with Crippen LogP contribution in [-0.2, 0) is 4.74 Å². The van der Waals surface area contributed by atoms with Crippen molar-refractivity contribution in [2.75, 3.05) is 13.2 Å². The summed E-state index contributed by atoms with van der Waals surface area (Å²) in [6.07, 6.45) is 5.19. The maximum atomic E-state index is 9.24. The summed E-state index contributed by atoms with van der Waals surface area (Å²) in [5.41, 5.74) is 6.00. The first-order chi connectivity index (χ1) is 7.35. The molecule has 1 aliphatic carbocycles. The van der Waals surface area contributed by atoms with Gasteiger partial charge in [-0.15, -0.1) is 0 Å². The topological polar surface area (TPSA) is 55.5 Å². The van der Waals surface area contributed by atoms with Crippen molar-refractivity contribution in [3.05, 3.63) is 0 Å². The van der Waals surface area contributed by atoms with Gasteiger partial charge >= 0.3 is 0 Å². The molecule has 1 aliphatic rings. The van der Waals surface area contributed by atoms with E-state index in [0.29, 0.717) is 5.41 Å². The second kappa shape index (κ2) is 5.48. The molecule has 3 N–H and O–H groups in total. The third-order valence-corrected chi connectivity index (χ3v) is 3.36. The highest BCUT2D eigenvalue weighted by Crippen LogP contribution is 2.28. The number of rotatable bonds is 4. The first-order valence-corrected chi connectivity index (χ1v) is 6.36. The molecule has 2 atom stereocenters. The molecule has 0 bridgehead atoms. The molecule has 0 aromatic rings. The monoisotopic (exact) mass is 229 g/mol. The third-order valence-electron chi connectivity index (χ3n) is 3.36. The summed E-state index contributed by atoms with van der Waals surface area (Å²) >= 11 is 0. The summed E-state index contributed by atoms with van der Waals surface area (Å²) in [7, 11) is 0. The van der Waals surface area contributed by atoms with Gasteiger partial charge in [-0.05, 0) is 37.5 Å². The number of aliphatic hydroxyl groups excluding tert-OH is 1. The van der Waals surface area contributed by atoms with Crippen LogP contribution in [0.4, 0.5) is 0 Å². The summed E-state index contributed by atoms with van der Waals surface area (Å²) in [5, 5.41) is 9.24. The molecule has 0 saturated heterocycles. The van der Waals surface area contributed by atoms with Crippen LogP contribution in [0.5, 0.6) is 0 Å². The lowest BCUT2D eigenvalue weighted by Crippen LogP contribution is -2.49. The SMILES string of the molecule is CC(C)(C)CCOC1CCCC(N)(CO)C1. The quantitative estimate of drug-likeness (QED) is 0.776. The fourth-order valence-corrected chi connectivity index (χ4v) is 2.16. The second-order valence-corrected chi connectivity index (χ2v) is 6.42. The van der Waals surface area contributed by atoms with E-state index in [1.54, 1.807) is 0 Å². The van der Waals surface area contributed by atoms with Crippen LogP contribution >= 0.6 is 0 Å². The molecule has 3 heteroatoms. The van der Waals surface area contributed by atoms with E-state index in [4.69, 9.17) is 10.5 Å². The highest BCUT2D eigenvalue weighted by Gasteiger charge is 2.32. The Morgan fingerprint density at radius 3 is 2.69 bits per heavy atom. The first-order valence-electron chi connectivity index (χ1n) is 6.36. The smallest absolute Gasteiger partial charge is 0.0612 e. The molecule has 0 aromatic carbocycles. The summed E-state index contributed by atoms with van der Waals surface area (Å²) in [6.45, 7) is 7.54. The maximum Gasteiger partial charge on any atom is 0.0612 e. The van der Waals surface area contributed by atoms with Gasteiger partial charge in [0.2, 0.25) is 0 Å². The van der Waals surface area contributed by atoms with E-state index < -0.39 is 5.54 Å². The van der Waals surface area contributed by atoms with Gasteiger partial charge < -0.3 is 15.6 Å². The molecular weight excluding hydrogens is 202 g/mol. The van der Waals surface area contributed by atoms with E-state index in [0.717, 1.165) is 38.7 Å². The average molecular weight is 229 g/mol. The van der Waals surface area contributed by atoms with Gasteiger partial charge in [-0.2, -0.15) is 0 Å². The Labute approximate surface area is 99.4 Å². The summed E-state index contributed by atoms with van der Waals surface area (Å²) < 4.78 is 5.87. The van der Waals surface area contributed by atoms with Crippen molar-refractivity contribution in [2.24, 2.45) is 11.1 Å². The van der Waals surface area contributed by atoms with Crippen LogP contribution in [0.3, 0.4) is 0 Å². The Morgan fingerprint density at radius 1 is 1.44 bits per heavy atom. The van der Waals surface area contributed by atoms with Crippen molar-refractivity contribution in [3.63, 3.8) is 0 Å². The molecule has 16 heavy (non-hydrogen) atoms. The van der Waals surface area contributed by atoms with Crippen LogP contribution < -0.4 is 5.73 Å². The first kappa shape index (κ1) is 13.9. The fourth-order valence-electron chi connectivity index (χ4n) is 2.16. The summed E-state index contributed by atoms with van der Waals surface area (Å²) in [6, 6.07) is 0. The molecular formula is C13H27NO2. The van der Waals surface area contributed by atoms with E-state index in [9.17, 15) is 5.11 Å². The lowest BCUT2D eigenvalue weighted by Gasteiger charge is -2.36. The Bertz CT molecular complexity index is 212. The highest BCUT2D eigenvalue weighted by molar-refractivity contribution is 4.90. The van der Waals surface area contributed by atoms with Crippen molar-refractivity contribution >= 4 is 0 Å². The zero-order chi connectivity index (χ0) is 12.2. The minimum atomic E-state index is -0.398. The van der Waals surface area contributed by atoms with Crippen LogP contribution in [0.2, 0.25) is 0 Å². The zero-order valence-electron chi connectivity index (χ0n) is 11.0. The zero-order valence-corrected chi connectivity index (χ0v) is 11.0. The molecule has 0 spiro atoms. The number of hydrogen-bond acceptors (Lipinski definition) is 3. The van der Waals surface area contributed by atoms with E-state index in [1.165, 1.54) is 0 Å². The Morgan fingerprint density at radius 2 is 2.12 bits per heavy atom. The van der Waals surface area contributed by atoms with E-state index >= 15 is 0 Å². The molecule has 0 aromatic heterocycles. The predicted molar refractivity (Wildman–Crippen MR) is 66.3 cm³/mol. The summed E-state index contributed by atoms with van der Waals surface area (Å²) in [4.78, 5) is 0. The number of ether oxygens (including phenoxy) is 1. The molecule has 3 nitrogen and oxygen atoms in total. The lowest BCUT2D eigenvalue weighted by atomic mass is 9.81. The van der Waals surface area contributed by atoms with Gasteiger partial charge in [-0.3, -0.25) is 0 Å². The van der Waals surface area contributed by atoms with Crippen molar-refractivity contribution < 1.29 is 9.84 Å². The van der Waals surface area contributed by atoms with Gasteiger partial charge in [0.15, 0.2) is 0 Å². The minimum absolute atomic E-state index is 0.0755. The van der Waals surface area contributed by atoms with Crippen LogP contribution in [0.1, 0.15) is 52.9 Å². The Balaban J connectivity index is 2.27. The van der Waals surface area contributed by atoms with Crippen molar-refractivity contribution in [1.29, 1.82) is 0 Å². The molecule has 2 unspecified atom stereocenters. The highest BCUT2D eigenvalue weighted by atomic mass is 16.5. The summed E-state index contributed by atoms with van der Waals surface area (Å²) in [5.74, 6) is 0. The van der Waals surface area contributed by atoms with Gasteiger partial charge in [0.25, 0.3) is 0 Å². The standard InChI is InChI=1S/C13H27NO2/c1-12(2,3)7-8-16-11-5-4-6-13(14,9-11)10-15/h11,15H,4-10,14H2,1-3H3. The minimum Gasteiger partial charge on any atom is -0.394 e. The van der Waals surface area contributed by atoms with E-state index in [1.807, 2.05) is 0 Å². The normalized spacial score (nSPS) is 31.7. The fraction of sp³-hybridized carbons (Fsp3) is 1.00. The van der Waals surface area contributed by atoms with Crippen LogP contribution in [0, 0.1) is 5.41 Å². The van der Waals surface area contributed by atoms with Crippen molar-refractivity contribution in [2.45, 2.75) is 64.5 Å². The Hall–Kier alpha value is -0.120. The van der Waals surface area contributed by atoms with E-state index in [-0.39, 0.29) is 12.7 Å². The molecule has 1 rings (SSSR count). The molecule has 1 fully saturated rings. The van der Waals surface area contributed by atoms with Gasteiger partial charge in [-0.1, -0.05) is 20.8 Å². The molecule has 1 saturated carbocycles. The molecule has 96 valence electrons. The predicted octanol–water partition coefficient (Wildman–Crippen LogP) is 2.07. The number of nitrogens with two attached hydrogens (primary N) is 1. The van der Waals surface area contributed by atoms with Gasteiger partial charge in [0.1, 0.15) is 0 Å².